The van der Waals surface area contributed by atoms with Crippen molar-refractivity contribution in [1.82, 2.24) is 19.1 Å². The molecule has 7 heteroatoms. The van der Waals surface area contributed by atoms with Crippen LogP contribution in [-0.4, -0.2) is 19.1 Å². The first-order valence-electron chi connectivity index (χ1n) is 6.89. The largest absolute Gasteiger partial charge is 0.330 e. The zero-order valence-corrected chi connectivity index (χ0v) is 12.1. The second-order valence-corrected chi connectivity index (χ2v) is 5.58. The van der Waals surface area contributed by atoms with Gasteiger partial charge in [-0.15, -0.1) is 11.6 Å². The van der Waals surface area contributed by atoms with Crippen LogP contribution in [-0.2, 0) is 12.9 Å². The molecule has 2 heterocycles. The number of aromatic amines is 1. The van der Waals surface area contributed by atoms with Crippen molar-refractivity contribution in [2.75, 3.05) is 0 Å². The van der Waals surface area contributed by atoms with Gasteiger partial charge in [0, 0.05) is 13.1 Å². The molecule has 0 bridgehead atoms. The lowest BCUT2D eigenvalue weighted by Gasteiger charge is -2.23. The Balaban J connectivity index is 2.30. The quantitative estimate of drug-likeness (QED) is 0.857. The summed E-state index contributed by atoms with van der Waals surface area (Å²) in [5.41, 5.74) is 0.117. The topological polar surface area (TPSA) is 72.7 Å². The number of fused-ring (bicyclic) bond motifs is 1. The molecule has 1 aliphatic rings. The fourth-order valence-corrected chi connectivity index (χ4v) is 3.30. The molecular weight excluding hydrogens is 280 g/mol. The maximum Gasteiger partial charge on any atom is 0.330 e. The summed E-state index contributed by atoms with van der Waals surface area (Å²) in [7, 11) is 1.75. The van der Waals surface area contributed by atoms with Crippen LogP contribution in [0.4, 0.5) is 0 Å². The number of H-pyrrole nitrogens is 1. The van der Waals surface area contributed by atoms with Gasteiger partial charge in [0.2, 0.25) is 0 Å². The first-order chi connectivity index (χ1) is 9.63. The van der Waals surface area contributed by atoms with Crippen LogP contribution in [0, 0.1) is 0 Å². The highest BCUT2D eigenvalue weighted by Crippen LogP contribution is 2.28. The predicted molar refractivity (Wildman–Crippen MR) is 77.3 cm³/mol. The van der Waals surface area contributed by atoms with Crippen LogP contribution >= 0.6 is 11.6 Å². The lowest BCUT2D eigenvalue weighted by atomic mass is 9.95. The summed E-state index contributed by atoms with van der Waals surface area (Å²) in [6.07, 6.45) is 5.31. The monoisotopic (exact) mass is 296 g/mol. The molecule has 108 valence electrons. The molecule has 0 spiro atoms. The Kier molecular flexibility index (Phi) is 3.41. The number of hydrogen-bond donors (Lipinski definition) is 1. The Morgan fingerprint density at radius 2 is 2.00 bits per heavy atom. The van der Waals surface area contributed by atoms with Gasteiger partial charge >= 0.3 is 5.69 Å². The first-order valence-corrected chi connectivity index (χ1v) is 7.43. The third-order valence-electron chi connectivity index (χ3n) is 4.11. The molecule has 0 atom stereocenters. The van der Waals surface area contributed by atoms with Crippen molar-refractivity contribution < 1.29 is 0 Å². The van der Waals surface area contributed by atoms with Crippen LogP contribution in [0.3, 0.4) is 0 Å². The van der Waals surface area contributed by atoms with Gasteiger partial charge in [-0.3, -0.25) is 14.3 Å². The number of aromatic nitrogens is 4. The van der Waals surface area contributed by atoms with E-state index >= 15 is 0 Å². The molecule has 20 heavy (non-hydrogen) atoms. The highest BCUT2D eigenvalue weighted by molar-refractivity contribution is 6.16. The number of alkyl halides is 1. The van der Waals surface area contributed by atoms with Crippen molar-refractivity contribution in [2.24, 2.45) is 7.05 Å². The van der Waals surface area contributed by atoms with Crippen molar-refractivity contribution in [1.29, 1.82) is 0 Å². The van der Waals surface area contributed by atoms with Gasteiger partial charge in [0.1, 0.15) is 5.82 Å². The molecule has 1 fully saturated rings. The van der Waals surface area contributed by atoms with Crippen LogP contribution in [0.2, 0.25) is 0 Å². The van der Waals surface area contributed by atoms with E-state index in [1.807, 2.05) is 0 Å². The molecule has 1 N–H and O–H groups in total. The third kappa shape index (κ3) is 1.98. The average molecular weight is 297 g/mol. The summed E-state index contributed by atoms with van der Waals surface area (Å²) in [4.78, 5) is 31.0. The van der Waals surface area contributed by atoms with E-state index in [1.165, 1.54) is 6.42 Å². The number of nitrogens with one attached hydrogen (secondary N) is 1. The minimum Gasteiger partial charge on any atom is -0.324 e. The van der Waals surface area contributed by atoms with Crippen LogP contribution in [0.1, 0.15) is 44.0 Å². The van der Waals surface area contributed by atoms with Gasteiger partial charge in [0.25, 0.3) is 5.56 Å². The summed E-state index contributed by atoms with van der Waals surface area (Å²) < 4.78 is 3.31. The summed E-state index contributed by atoms with van der Waals surface area (Å²) in [6, 6.07) is 0.119. The highest BCUT2D eigenvalue weighted by atomic mass is 35.5. The number of hydrogen-bond acceptors (Lipinski definition) is 3. The molecule has 0 aromatic carbocycles. The molecule has 1 saturated carbocycles. The molecule has 0 unspecified atom stereocenters. The Morgan fingerprint density at radius 3 is 2.65 bits per heavy atom. The fraction of sp³-hybridized carbons (Fsp3) is 0.615. The number of imidazole rings is 1. The molecule has 0 saturated heterocycles. The zero-order valence-electron chi connectivity index (χ0n) is 11.4. The number of rotatable bonds is 2. The van der Waals surface area contributed by atoms with Gasteiger partial charge in [0.15, 0.2) is 11.2 Å². The number of halogens is 1. The highest BCUT2D eigenvalue weighted by Gasteiger charge is 2.22. The van der Waals surface area contributed by atoms with Crippen LogP contribution in [0.5, 0.6) is 0 Å². The van der Waals surface area contributed by atoms with Gasteiger partial charge in [-0.1, -0.05) is 19.3 Å². The lowest BCUT2D eigenvalue weighted by Crippen LogP contribution is -2.34. The van der Waals surface area contributed by atoms with Gasteiger partial charge in [-0.05, 0) is 12.8 Å². The summed E-state index contributed by atoms with van der Waals surface area (Å²) in [5.74, 6) is 0.811. The minimum atomic E-state index is -0.400. The Morgan fingerprint density at radius 1 is 1.30 bits per heavy atom. The normalized spacial score (nSPS) is 16.9. The van der Waals surface area contributed by atoms with E-state index in [2.05, 4.69) is 9.97 Å². The van der Waals surface area contributed by atoms with Gasteiger partial charge in [-0.25, -0.2) is 9.78 Å². The SMILES string of the molecule is Cn1c(CCl)nc2c1c(=O)[nH]c(=O)n2C1CCCCC1. The second-order valence-electron chi connectivity index (χ2n) is 5.31. The second kappa shape index (κ2) is 5.09. The van der Waals surface area contributed by atoms with Crippen molar-refractivity contribution >= 4 is 22.8 Å². The van der Waals surface area contributed by atoms with Gasteiger partial charge < -0.3 is 4.57 Å². The van der Waals surface area contributed by atoms with E-state index in [0.717, 1.165) is 25.7 Å². The summed E-state index contributed by atoms with van der Waals surface area (Å²) in [5, 5.41) is 0. The minimum absolute atomic E-state index is 0.119. The van der Waals surface area contributed by atoms with Crippen LogP contribution in [0.25, 0.3) is 11.2 Å². The van der Waals surface area contributed by atoms with Crippen molar-refractivity contribution in [3.05, 3.63) is 26.7 Å². The van der Waals surface area contributed by atoms with E-state index in [0.29, 0.717) is 17.0 Å². The van der Waals surface area contributed by atoms with Crippen molar-refractivity contribution in [2.45, 2.75) is 44.0 Å². The standard InChI is InChI=1S/C13H17ClN4O2/c1-17-9(7-14)15-11-10(17)12(19)16-13(20)18(11)8-5-3-2-4-6-8/h8H,2-7H2,1H3,(H,16,19,20). The maximum absolute atomic E-state index is 12.2. The van der Waals surface area contributed by atoms with Crippen molar-refractivity contribution in [3.63, 3.8) is 0 Å². The molecular formula is C13H17ClN4O2. The van der Waals surface area contributed by atoms with E-state index < -0.39 is 5.56 Å². The van der Waals surface area contributed by atoms with E-state index in [4.69, 9.17) is 11.6 Å². The van der Waals surface area contributed by atoms with Crippen molar-refractivity contribution in [3.8, 4) is 0 Å². The Hall–Kier alpha value is -1.56. The zero-order chi connectivity index (χ0) is 14.3. The fourth-order valence-electron chi connectivity index (χ4n) is 3.06. The molecule has 2 aromatic rings. The van der Waals surface area contributed by atoms with Crippen LogP contribution < -0.4 is 11.2 Å². The Labute approximate surface area is 120 Å². The molecule has 2 aromatic heterocycles. The smallest absolute Gasteiger partial charge is 0.324 e. The molecule has 0 radical (unpaired) electrons. The van der Waals surface area contributed by atoms with E-state index in [1.54, 1.807) is 16.2 Å². The predicted octanol–water partition coefficient (Wildman–Crippen LogP) is 1.67. The summed E-state index contributed by atoms with van der Waals surface area (Å²) >= 11 is 5.85. The summed E-state index contributed by atoms with van der Waals surface area (Å²) in [6.45, 7) is 0. The van der Waals surface area contributed by atoms with E-state index in [-0.39, 0.29) is 17.6 Å². The molecule has 0 amide bonds. The van der Waals surface area contributed by atoms with Gasteiger partial charge in [0.05, 0.1) is 5.88 Å². The lowest BCUT2D eigenvalue weighted by molar-refractivity contribution is 0.349. The molecule has 3 rings (SSSR count). The van der Waals surface area contributed by atoms with Gasteiger partial charge in [-0.2, -0.15) is 0 Å². The molecule has 1 aliphatic carbocycles. The third-order valence-corrected chi connectivity index (χ3v) is 4.35. The maximum atomic E-state index is 12.2. The van der Waals surface area contributed by atoms with E-state index in [9.17, 15) is 9.59 Å². The number of nitrogens with zero attached hydrogens (tertiary/aromatic N) is 3. The molecule has 0 aliphatic heterocycles. The van der Waals surface area contributed by atoms with Crippen LogP contribution in [0.15, 0.2) is 9.59 Å². The molecule has 6 nitrogen and oxygen atoms in total. The number of aryl methyl sites for hydroxylation is 1. The first kappa shape index (κ1) is 13.4. The Bertz CT molecular complexity index is 752. The average Bonchev–Trinajstić information content (AvgIpc) is 2.77.